The van der Waals surface area contributed by atoms with Crippen LogP contribution in [0.3, 0.4) is 0 Å². The van der Waals surface area contributed by atoms with Gasteiger partial charge in [-0.15, -0.1) is 0 Å². The summed E-state index contributed by atoms with van der Waals surface area (Å²) >= 11 is 0. The van der Waals surface area contributed by atoms with E-state index in [4.69, 9.17) is 0 Å². The Balaban J connectivity index is -0.000000144. The van der Waals surface area contributed by atoms with Crippen LogP contribution in [-0.2, 0) is 0 Å². The van der Waals surface area contributed by atoms with Gasteiger partial charge in [0.15, 0.2) is 0 Å². The number of rotatable bonds is 8. The molecular formula is C29H58. The van der Waals surface area contributed by atoms with Gasteiger partial charge >= 0.3 is 0 Å². The Hall–Kier alpha value is -1.04. The molecule has 0 fully saturated rings. The van der Waals surface area contributed by atoms with E-state index in [0.717, 1.165) is 5.92 Å². The molecular weight excluding hydrogens is 348 g/mol. The maximum Gasteiger partial charge on any atom is -0.0178 e. The Kier molecular flexibility index (Phi) is 32.9. The Morgan fingerprint density at radius 2 is 1.17 bits per heavy atom. The molecule has 29 heavy (non-hydrogen) atoms. The summed E-state index contributed by atoms with van der Waals surface area (Å²) in [5.41, 5.74) is 3.42. The van der Waals surface area contributed by atoms with Crippen molar-refractivity contribution in [1.29, 1.82) is 0 Å². The first-order valence-corrected chi connectivity index (χ1v) is 12.1. The fourth-order valence-corrected chi connectivity index (χ4v) is 2.02. The molecule has 0 aliphatic rings. The molecule has 0 heterocycles. The Morgan fingerprint density at radius 1 is 0.759 bits per heavy atom. The van der Waals surface area contributed by atoms with E-state index in [-0.39, 0.29) is 0 Å². The maximum atomic E-state index is 2.26. The van der Waals surface area contributed by atoms with E-state index in [1.54, 1.807) is 0 Å². The van der Waals surface area contributed by atoms with Crippen LogP contribution >= 0.6 is 0 Å². The molecule has 0 aliphatic heterocycles. The van der Waals surface area contributed by atoms with Crippen molar-refractivity contribution < 1.29 is 0 Å². The van der Waals surface area contributed by atoms with Gasteiger partial charge in [-0.2, -0.15) is 0 Å². The summed E-state index contributed by atoms with van der Waals surface area (Å²) in [4.78, 5) is 0. The lowest BCUT2D eigenvalue weighted by Gasteiger charge is -2.15. The normalized spacial score (nSPS) is 13.1. The molecule has 1 atom stereocenters. The van der Waals surface area contributed by atoms with Crippen LogP contribution in [0.2, 0.25) is 0 Å². The molecule has 0 aromatic heterocycles. The second kappa shape index (κ2) is 27.0. The first-order chi connectivity index (χ1) is 13.5. The van der Waals surface area contributed by atoms with Crippen LogP contribution in [0, 0.1) is 11.3 Å². The van der Waals surface area contributed by atoms with E-state index >= 15 is 0 Å². The van der Waals surface area contributed by atoms with Crippen molar-refractivity contribution in [3.63, 3.8) is 0 Å². The maximum absolute atomic E-state index is 2.26. The number of hydrogen-bond acceptors (Lipinski definition) is 0. The summed E-state index contributed by atoms with van der Waals surface area (Å²) in [6, 6.07) is 0. The van der Waals surface area contributed by atoms with Gasteiger partial charge < -0.3 is 0 Å². The van der Waals surface area contributed by atoms with E-state index in [0.29, 0.717) is 5.41 Å². The number of allylic oxidation sites excluding steroid dienone is 8. The van der Waals surface area contributed by atoms with Gasteiger partial charge in [-0.05, 0) is 71.1 Å². The SMILES string of the molecule is C/C=C\C(C)(C)CC.C/C=C\[C@H](C)CC.CC/C=C(/C)CC.CC/C=C(\C)CC. The third-order valence-electron chi connectivity index (χ3n) is 4.91. The highest BCUT2D eigenvalue weighted by molar-refractivity contribution is 4.96. The van der Waals surface area contributed by atoms with Crippen LogP contribution in [0.1, 0.15) is 129 Å². The zero-order valence-corrected chi connectivity index (χ0v) is 22.8. The van der Waals surface area contributed by atoms with Crippen LogP contribution in [0.15, 0.2) is 47.6 Å². The van der Waals surface area contributed by atoms with Gasteiger partial charge in [0.2, 0.25) is 0 Å². The summed E-state index contributed by atoms with van der Waals surface area (Å²) in [5.74, 6) is 0.769. The second-order valence-corrected chi connectivity index (χ2v) is 8.38. The predicted molar refractivity (Wildman–Crippen MR) is 142 cm³/mol. The highest BCUT2D eigenvalue weighted by Gasteiger charge is 2.07. The van der Waals surface area contributed by atoms with E-state index in [2.05, 4.69) is 126 Å². The third-order valence-corrected chi connectivity index (χ3v) is 4.91. The van der Waals surface area contributed by atoms with Gasteiger partial charge in [-0.25, -0.2) is 0 Å². The second-order valence-electron chi connectivity index (χ2n) is 8.38. The summed E-state index contributed by atoms with van der Waals surface area (Å²) in [6.07, 6.45) is 20.5. The van der Waals surface area contributed by atoms with Crippen LogP contribution in [0.25, 0.3) is 0 Å². The predicted octanol–water partition coefficient (Wildman–Crippen LogP) is 11.1. The van der Waals surface area contributed by atoms with Gasteiger partial charge in [-0.3, -0.25) is 0 Å². The summed E-state index contributed by atoms with van der Waals surface area (Å²) in [5, 5.41) is 0. The van der Waals surface area contributed by atoms with Crippen LogP contribution in [-0.4, -0.2) is 0 Å². The van der Waals surface area contributed by atoms with Gasteiger partial charge in [0, 0.05) is 0 Å². The standard InChI is InChI=1S/C8H16.3C7H14/c1-5-7-8(3,4)6-2;3*1-4-6-7(3)5-2/h5,7H,6H2,1-4H3;2*6H,4-5H2,1-3H3;4,6-7H,5H2,1-3H3/b7-5-;7-6+;7-6-;6-4-/t;;;7-/m...1/s1. The van der Waals surface area contributed by atoms with Crippen LogP contribution < -0.4 is 0 Å². The van der Waals surface area contributed by atoms with Gasteiger partial charge in [-0.1, -0.05) is 116 Å². The first-order valence-electron chi connectivity index (χ1n) is 12.1. The van der Waals surface area contributed by atoms with Crippen LogP contribution in [0.5, 0.6) is 0 Å². The quantitative estimate of drug-likeness (QED) is 0.351. The van der Waals surface area contributed by atoms with Crippen molar-refractivity contribution >= 4 is 0 Å². The minimum absolute atomic E-state index is 0.411. The van der Waals surface area contributed by atoms with Gasteiger partial charge in [0.05, 0.1) is 0 Å². The molecule has 0 rings (SSSR count). The number of hydrogen-bond donors (Lipinski definition) is 0. The van der Waals surface area contributed by atoms with Crippen molar-refractivity contribution in [2.45, 2.75) is 129 Å². The van der Waals surface area contributed by atoms with E-state index < -0.39 is 0 Å². The monoisotopic (exact) mass is 406 g/mol. The molecule has 0 radical (unpaired) electrons. The zero-order valence-electron chi connectivity index (χ0n) is 22.8. The van der Waals surface area contributed by atoms with Crippen molar-refractivity contribution in [3.05, 3.63) is 47.6 Å². The van der Waals surface area contributed by atoms with Crippen LogP contribution in [0.4, 0.5) is 0 Å². The van der Waals surface area contributed by atoms with E-state index in [1.807, 2.05) is 0 Å². The Morgan fingerprint density at radius 3 is 1.28 bits per heavy atom. The molecule has 0 aliphatic carbocycles. The van der Waals surface area contributed by atoms with Crippen molar-refractivity contribution in [3.8, 4) is 0 Å². The third kappa shape index (κ3) is 38.2. The van der Waals surface area contributed by atoms with Gasteiger partial charge in [0.25, 0.3) is 0 Å². The van der Waals surface area contributed by atoms with E-state index in [9.17, 15) is 0 Å². The molecule has 0 saturated carbocycles. The summed E-state index contributed by atoms with van der Waals surface area (Å²) in [6.45, 7) is 28.3. The topological polar surface area (TPSA) is 0 Å². The first kappa shape index (κ1) is 35.4. The highest BCUT2D eigenvalue weighted by atomic mass is 14.1. The lowest BCUT2D eigenvalue weighted by molar-refractivity contribution is 0.461. The lowest BCUT2D eigenvalue weighted by Crippen LogP contribution is -2.03. The average Bonchev–Trinajstić information content (AvgIpc) is 2.69. The van der Waals surface area contributed by atoms with Crippen molar-refractivity contribution in [1.82, 2.24) is 0 Å². The van der Waals surface area contributed by atoms with Crippen molar-refractivity contribution in [2.24, 2.45) is 11.3 Å². The summed E-state index contributed by atoms with van der Waals surface area (Å²) in [7, 11) is 0. The Bertz CT molecular complexity index is 395. The highest BCUT2D eigenvalue weighted by Crippen LogP contribution is 2.20. The molecule has 0 bridgehead atoms. The molecule has 0 unspecified atom stereocenters. The zero-order chi connectivity index (χ0) is 23.7. The lowest BCUT2D eigenvalue weighted by atomic mass is 9.90. The molecule has 174 valence electrons. The average molecular weight is 407 g/mol. The Labute approximate surface area is 187 Å². The summed E-state index contributed by atoms with van der Waals surface area (Å²) < 4.78 is 0. The van der Waals surface area contributed by atoms with E-state index in [1.165, 1.54) is 49.7 Å². The minimum Gasteiger partial charge on any atom is -0.0914 e. The molecule has 0 spiro atoms. The largest absolute Gasteiger partial charge is 0.0914 e. The molecule has 0 amide bonds. The molecule has 0 N–H and O–H groups in total. The molecule has 0 aromatic carbocycles. The molecule has 0 saturated heterocycles. The van der Waals surface area contributed by atoms with Crippen molar-refractivity contribution in [2.75, 3.05) is 0 Å². The fourth-order valence-electron chi connectivity index (χ4n) is 2.02. The molecule has 0 aromatic rings. The molecule has 0 heteroatoms. The smallest absolute Gasteiger partial charge is 0.0178 e. The fraction of sp³-hybridized carbons (Fsp3) is 0.724. The molecule has 0 nitrogen and oxygen atoms in total. The minimum atomic E-state index is 0.411. The van der Waals surface area contributed by atoms with Gasteiger partial charge in [0.1, 0.15) is 0 Å².